The molecule has 1 atom stereocenters. The molecule has 2 aliphatic rings. The number of hydrogen-bond donors (Lipinski definition) is 1. The third kappa shape index (κ3) is 3.21. The molecule has 4 rings (SSSR count). The van der Waals surface area contributed by atoms with Crippen molar-refractivity contribution in [3.8, 4) is 0 Å². The van der Waals surface area contributed by atoms with Gasteiger partial charge in [-0.15, -0.1) is 0 Å². The van der Waals surface area contributed by atoms with E-state index in [1.165, 1.54) is 6.20 Å². The van der Waals surface area contributed by atoms with E-state index in [0.29, 0.717) is 30.7 Å². The Labute approximate surface area is 165 Å². The predicted molar refractivity (Wildman–Crippen MR) is 83.6 cm³/mol. The first-order valence-corrected chi connectivity index (χ1v) is 7.98. The number of β-amino-alcohol motifs (C(OH)–C–C–N with tert-alkyl or cyclic N) is 1. The number of benzene rings is 1. The molecule has 1 aromatic carbocycles. The normalized spacial score (nSPS) is 19.9. The molecule has 8 heteroatoms. The standard InChI is InChI=1S/C17H17FN2O4.Na/c18-13-5-11-14(6-15(13)19-4-3-10(21)7-19)20(9-1-2-9)8-12(16(11)22)17(23)24;/h5-6,8-10,21H,1-4,7H2,(H,23,24);/q;+1/p-1. The van der Waals surface area contributed by atoms with Gasteiger partial charge in [0.2, 0.25) is 0 Å². The first-order chi connectivity index (χ1) is 11.5. The van der Waals surface area contributed by atoms with Gasteiger partial charge in [0, 0.05) is 30.7 Å². The van der Waals surface area contributed by atoms with Crippen LogP contribution < -0.4 is 45.0 Å². The number of carboxylic acids is 1. The predicted octanol–water partition coefficient (Wildman–Crippen LogP) is -2.59. The minimum Gasteiger partial charge on any atom is -0.545 e. The van der Waals surface area contributed by atoms with Crippen molar-refractivity contribution < 1.29 is 49.0 Å². The summed E-state index contributed by atoms with van der Waals surface area (Å²) in [4.78, 5) is 25.3. The number of fused-ring (bicyclic) bond motifs is 1. The smallest absolute Gasteiger partial charge is 0.545 e. The molecule has 1 aliphatic carbocycles. The fourth-order valence-corrected chi connectivity index (χ4v) is 3.36. The molecule has 1 N–H and O–H groups in total. The number of pyridine rings is 1. The van der Waals surface area contributed by atoms with Crippen LogP contribution in [0.4, 0.5) is 10.1 Å². The molecule has 1 aliphatic heterocycles. The molecular formula is C17H16FN2NaO4. The third-order valence-corrected chi connectivity index (χ3v) is 4.76. The van der Waals surface area contributed by atoms with Gasteiger partial charge in [-0.25, -0.2) is 4.39 Å². The minimum absolute atomic E-state index is 0. The Kier molecular flexibility index (Phi) is 4.94. The number of hydrogen-bond acceptors (Lipinski definition) is 5. The molecule has 126 valence electrons. The van der Waals surface area contributed by atoms with Crippen molar-refractivity contribution >= 4 is 22.6 Å². The second kappa shape index (κ2) is 6.72. The molecule has 1 saturated heterocycles. The molecule has 2 aromatic rings. The number of rotatable bonds is 3. The van der Waals surface area contributed by atoms with E-state index < -0.39 is 28.9 Å². The fourth-order valence-electron chi connectivity index (χ4n) is 3.36. The number of halogens is 1. The SMILES string of the molecule is O=C([O-])c1cn(C2CC2)c2cc(N3CCC(O)C3)c(F)cc2c1=O.[Na+]. The largest absolute Gasteiger partial charge is 1.00 e. The van der Waals surface area contributed by atoms with E-state index in [4.69, 9.17) is 0 Å². The molecule has 2 heterocycles. The summed E-state index contributed by atoms with van der Waals surface area (Å²) in [5, 5.41) is 20.9. The molecule has 0 radical (unpaired) electrons. The monoisotopic (exact) mass is 354 g/mol. The first-order valence-electron chi connectivity index (χ1n) is 7.98. The summed E-state index contributed by atoms with van der Waals surface area (Å²) in [5.41, 5.74) is -0.328. The van der Waals surface area contributed by atoms with E-state index in [2.05, 4.69) is 0 Å². The molecule has 1 unspecified atom stereocenters. The Morgan fingerprint density at radius 3 is 2.56 bits per heavy atom. The molecule has 25 heavy (non-hydrogen) atoms. The number of anilines is 1. The zero-order valence-electron chi connectivity index (χ0n) is 13.9. The van der Waals surface area contributed by atoms with Gasteiger partial charge >= 0.3 is 29.6 Å². The first kappa shape index (κ1) is 18.4. The maximum absolute atomic E-state index is 14.5. The second-order valence-electron chi connectivity index (χ2n) is 6.51. The number of aromatic carboxylic acids is 1. The second-order valence-corrected chi connectivity index (χ2v) is 6.51. The fraction of sp³-hybridized carbons (Fsp3) is 0.412. The molecule has 0 amide bonds. The van der Waals surface area contributed by atoms with Crippen molar-refractivity contribution in [3.05, 3.63) is 39.9 Å². The van der Waals surface area contributed by atoms with Crippen LogP contribution in [0.2, 0.25) is 0 Å². The van der Waals surface area contributed by atoms with E-state index in [9.17, 15) is 24.2 Å². The van der Waals surface area contributed by atoms with Crippen LogP contribution in [0.1, 0.15) is 35.7 Å². The maximum Gasteiger partial charge on any atom is 1.00 e. The number of carboxylic acid groups (broad SMARTS) is 1. The van der Waals surface area contributed by atoms with Gasteiger partial charge in [0.1, 0.15) is 5.82 Å². The molecule has 6 nitrogen and oxygen atoms in total. The van der Waals surface area contributed by atoms with Crippen LogP contribution >= 0.6 is 0 Å². The van der Waals surface area contributed by atoms with Crippen molar-refractivity contribution in [1.82, 2.24) is 4.57 Å². The van der Waals surface area contributed by atoms with Gasteiger partial charge in [0.25, 0.3) is 0 Å². The summed E-state index contributed by atoms with van der Waals surface area (Å²) in [7, 11) is 0. The van der Waals surface area contributed by atoms with Gasteiger partial charge in [-0.3, -0.25) is 4.79 Å². The van der Waals surface area contributed by atoms with Crippen molar-refractivity contribution in [1.29, 1.82) is 0 Å². The van der Waals surface area contributed by atoms with Gasteiger partial charge in [0.05, 0.1) is 28.8 Å². The Balaban J connectivity index is 0.00000182. The molecule has 0 spiro atoms. The number of nitrogens with zero attached hydrogens (tertiary/aromatic N) is 2. The van der Waals surface area contributed by atoms with E-state index >= 15 is 0 Å². The summed E-state index contributed by atoms with van der Waals surface area (Å²) in [6, 6.07) is 2.80. The summed E-state index contributed by atoms with van der Waals surface area (Å²) in [6.07, 6.45) is 3.15. The Bertz CT molecular complexity index is 910. The van der Waals surface area contributed by atoms with E-state index in [0.717, 1.165) is 18.9 Å². The van der Waals surface area contributed by atoms with Crippen molar-refractivity contribution in [2.24, 2.45) is 0 Å². The average molecular weight is 354 g/mol. The topological polar surface area (TPSA) is 85.6 Å². The molecule has 0 bridgehead atoms. The number of aliphatic hydroxyl groups is 1. The van der Waals surface area contributed by atoms with Gasteiger partial charge in [-0.05, 0) is 31.4 Å². The van der Waals surface area contributed by atoms with Crippen LogP contribution in [0.3, 0.4) is 0 Å². The van der Waals surface area contributed by atoms with Crippen LogP contribution in [-0.4, -0.2) is 34.8 Å². The molecular weight excluding hydrogens is 338 g/mol. The number of aromatic nitrogens is 1. The van der Waals surface area contributed by atoms with Crippen molar-refractivity contribution in [2.45, 2.75) is 31.4 Å². The van der Waals surface area contributed by atoms with Gasteiger partial charge in [-0.2, -0.15) is 0 Å². The maximum atomic E-state index is 14.5. The number of aliphatic hydroxyl groups excluding tert-OH is 1. The summed E-state index contributed by atoms with van der Waals surface area (Å²) in [5.74, 6) is -2.14. The van der Waals surface area contributed by atoms with Gasteiger partial charge in [-0.1, -0.05) is 0 Å². The van der Waals surface area contributed by atoms with Crippen LogP contribution in [0.15, 0.2) is 23.1 Å². The molecule has 1 saturated carbocycles. The van der Waals surface area contributed by atoms with Crippen LogP contribution in [0.25, 0.3) is 10.9 Å². The number of carbonyl (C=O) groups is 1. The molecule has 1 aromatic heterocycles. The van der Waals surface area contributed by atoms with Crippen molar-refractivity contribution in [2.75, 3.05) is 18.0 Å². The van der Waals surface area contributed by atoms with Crippen LogP contribution in [0.5, 0.6) is 0 Å². The quantitative estimate of drug-likeness (QED) is 0.612. The van der Waals surface area contributed by atoms with Gasteiger partial charge < -0.3 is 24.5 Å². The number of carbonyl (C=O) groups excluding carboxylic acids is 1. The Morgan fingerprint density at radius 2 is 2.00 bits per heavy atom. The Morgan fingerprint density at radius 1 is 1.28 bits per heavy atom. The minimum atomic E-state index is -1.55. The van der Waals surface area contributed by atoms with Crippen LogP contribution in [-0.2, 0) is 0 Å². The van der Waals surface area contributed by atoms with Crippen molar-refractivity contribution in [3.63, 3.8) is 0 Å². The molecule has 2 fully saturated rings. The van der Waals surface area contributed by atoms with E-state index in [1.54, 1.807) is 15.5 Å². The summed E-state index contributed by atoms with van der Waals surface area (Å²) in [6.45, 7) is 0.877. The van der Waals surface area contributed by atoms with E-state index in [1.807, 2.05) is 0 Å². The average Bonchev–Trinajstić information content (AvgIpc) is 3.28. The van der Waals surface area contributed by atoms with Gasteiger partial charge in [0.15, 0.2) is 5.43 Å². The van der Waals surface area contributed by atoms with Crippen LogP contribution in [0, 0.1) is 5.82 Å². The zero-order valence-corrected chi connectivity index (χ0v) is 15.9. The summed E-state index contributed by atoms with van der Waals surface area (Å²) < 4.78 is 16.3. The van der Waals surface area contributed by atoms with E-state index in [-0.39, 0.29) is 41.0 Å². The Hall–Kier alpha value is -1.41. The zero-order chi connectivity index (χ0) is 17.0. The third-order valence-electron chi connectivity index (χ3n) is 4.76. The summed E-state index contributed by atoms with van der Waals surface area (Å²) >= 11 is 0.